The first-order valence-electron chi connectivity index (χ1n) is 10.6. The molecule has 0 unspecified atom stereocenters. The summed E-state index contributed by atoms with van der Waals surface area (Å²) in [7, 11) is 6.70. The first-order valence-corrected chi connectivity index (χ1v) is 10.6. The molecule has 0 saturated carbocycles. The molecule has 1 saturated heterocycles. The van der Waals surface area contributed by atoms with E-state index < -0.39 is 0 Å². The maximum absolute atomic E-state index is 5.60. The van der Waals surface area contributed by atoms with Crippen LogP contribution in [0.2, 0.25) is 0 Å². The summed E-state index contributed by atoms with van der Waals surface area (Å²) in [4.78, 5) is 9.27. The van der Waals surface area contributed by atoms with E-state index in [9.17, 15) is 0 Å². The lowest BCUT2D eigenvalue weighted by atomic mass is 10.1. The minimum Gasteiger partial charge on any atom is -0.493 e. The Morgan fingerprint density at radius 2 is 1.65 bits per heavy atom. The summed E-state index contributed by atoms with van der Waals surface area (Å²) in [6.45, 7) is 8.70. The highest BCUT2D eigenvalue weighted by molar-refractivity contribution is 5.80. The van der Waals surface area contributed by atoms with E-state index in [0.29, 0.717) is 23.8 Å². The van der Waals surface area contributed by atoms with Crippen molar-refractivity contribution in [2.75, 3.05) is 59.5 Å². The molecule has 31 heavy (non-hydrogen) atoms. The predicted octanol–water partition coefficient (Wildman–Crippen LogP) is 3.23. The van der Waals surface area contributed by atoms with Gasteiger partial charge >= 0.3 is 0 Å². The second-order valence-corrected chi connectivity index (χ2v) is 7.59. The number of rotatable bonds is 6. The van der Waals surface area contributed by atoms with Crippen molar-refractivity contribution in [2.24, 2.45) is 4.99 Å². The van der Waals surface area contributed by atoms with Gasteiger partial charge in [0.05, 0.1) is 21.3 Å². The van der Waals surface area contributed by atoms with Crippen LogP contribution in [0, 0.1) is 13.8 Å². The Labute approximate surface area is 185 Å². The van der Waals surface area contributed by atoms with Crippen LogP contribution >= 0.6 is 0 Å². The third kappa shape index (κ3) is 4.81. The second-order valence-electron chi connectivity index (χ2n) is 7.59. The van der Waals surface area contributed by atoms with E-state index in [-0.39, 0.29) is 0 Å². The molecule has 1 aliphatic heterocycles. The average molecular weight is 427 g/mol. The zero-order valence-corrected chi connectivity index (χ0v) is 19.5. The van der Waals surface area contributed by atoms with Gasteiger partial charge in [0.15, 0.2) is 17.5 Å². The minimum atomic E-state index is 0.577. The largest absolute Gasteiger partial charge is 0.493 e. The summed E-state index contributed by atoms with van der Waals surface area (Å²) in [5.74, 6) is 2.80. The fourth-order valence-electron chi connectivity index (χ4n) is 4.05. The highest BCUT2D eigenvalue weighted by Gasteiger charge is 2.22. The van der Waals surface area contributed by atoms with Crippen LogP contribution in [0.15, 0.2) is 35.3 Å². The first kappa shape index (κ1) is 22.6. The third-order valence-corrected chi connectivity index (χ3v) is 5.93. The zero-order chi connectivity index (χ0) is 22.4. The molecular weight excluding hydrogens is 392 g/mol. The highest BCUT2D eigenvalue weighted by atomic mass is 16.5. The Bertz CT molecular complexity index is 921. The number of ether oxygens (including phenoxy) is 3. The van der Waals surface area contributed by atoms with Crippen molar-refractivity contribution in [3.05, 3.63) is 47.0 Å². The van der Waals surface area contributed by atoms with Gasteiger partial charge in [-0.1, -0.05) is 12.1 Å². The fourth-order valence-corrected chi connectivity index (χ4v) is 4.05. The Balaban J connectivity index is 1.65. The third-order valence-electron chi connectivity index (χ3n) is 5.93. The van der Waals surface area contributed by atoms with Crippen molar-refractivity contribution in [3.8, 4) is 17.2 Å². The van der Waals surface area contributed by atoms with Gasteiger partial charge in [0.2, 0.25) is 5.75 Å². The van der Waals surface area contributed by atoms with Crippen molar-refractivity contribution in [1.29, 1.82) is 0 Å². The number of hydrogen-bond donors (Lipinski definition) is 1. The molecule has 2 aromatic rings. The molecule has 0 aromatic heterocycles. The van der Waals surface area contributed by atoms with Crippen LogP contribution in [0.3, 0.4) is 0 Å². The monoisotopic (exact) mass is 426 g/mol. The van der Waals surface area contributed by atoms with E-state index in [0.717, 1.165) is 37.7 Å². The maximum atomic E-state index is 5.60. The minimum absolute atomic E-state index is 0.577. The van der Waals surface area contributed by atoms with Gasteiger partial charge in [-0.15, -0.1) is 0 Å². The lowest BCUT2D eigenvalue weighted by Crippen LogP contribution is -2.52. The standard InChI is InChI=1S/C24H34N4O3/c1-17-8-7-9-20(18(17)2)27-12-14-28(15-13-27)24(25-3)26-16-19-10-11-21(29-4)23(31-6)22(19)30-5/h7-11H,12-16H2,1-6H3,(H,25,26). The number of methoxy groups -OCH3 is 3. The van der Waals surface area contributed by atoms with E-state index in [1.807, 2.05) is 19.2 Å². The molecule has 0 atom stereocenters. The highest BCUT2D eigenvalue weighted by Crippen LogP contribution is 2.39. The summed E-state index contributed by atoms with van der Waals surface area (Å²) in [6, 6.07) is 10.4. The van der Waals surface area contributed by atoms with Gasteiger partial charge in [0.25, 0.3) is 0 Å². The van der Waals surface area contributed by atoms with E-state index in [1.165, 1.54) is 16.8 Å². The summed E-state index contributed by atoms with van der Waals surface area (Å²) in [5, 5.41) is 3.48. The van der Waals surface area contributed by atoms with Crippen LogP contribution in [-0.4, -0.2) is 65.4 Å². The molecule has 3 rings (SSSR count). The molecule has 0 spiro atoms. The quantitative estimate of drug-likeness (QED) is 0.565. The van der Waals surface area contributed by atoms with E-state index in [1.54, 1.807) is 21.3 Å². The summed E-state index contributed by atoms with van der Waals surface area (Å²) >= 11 is 0. The summed E-state index contributed by atoms with van der Waals surface area (Å²) in [5.41, 5.74) is 5.01. The van der Waals surface area contributed by atoms with Crippen molar-refractivity contribution >= 4 is 11.6 Å². The Hall–Kier alpha value is -3.09. The zero-order valence-electron chi connectivity index (χ0n) is 19.5. The molecule has 1 N–H and O–H groups in total. The van der Waals surface area contributed by atoms with Gasteiger partial charge in [-0.3, -0.25) is 4.99 Å². The predicted molar refractivity (Wildman–Crippen MR) is 126 cm³/mol. The molecule has 0 aliphatic carbocycles. The second kappa shape index (κ2) is 10.3. The van der Waals surface area contributed by atoms with E-state index in [2.05, 4.69) is 52.2 Å². The van der Waals surface area contributed by atoms with Gasteiger partial charge in [-0.05, 0) is 43.2 Å². The van der Waals surface area contributed by atoms with E-state index in [4.69, 9.17) is 14.2 Å². The van der Waals surface area contributed by atoms with Crippen molar-refractivity contribution in [1.82, 2.24) is 10.2 Å². The number of aryl methyl sites for hydroxylation is 1. The molecule has 0 bridgehead atoms. The van der Waals surface area contributed by atoms with Crippen LogP contribution in [0.1, 0.15) is 16.7 Å². The number of benzene rings is 2. The number of anilines is 1. The lowest BCUT2D eigenvalue weighted by Gasteiger charge is -2.38. The SMILES string of the molecule is CN=C(NCc1ccc(OC)c(OC)c1OC)N1CCN(c2cccc(C)c2C)CC1. The van der Waals surface area contributed by atoms with Crippen LogP contribution in [0.5, 0.6) is 17.2 Å². The molecular formula is C24H34N4O3. The van der Waals surface area contributed by atoms with Crippen LogP contribution in [0.4, 0.5) is 5.69 Å². The number of hydrogen-bond acceptors (Lipinski definition) is 5. The molecule has 7 heteroatoms. The molecule has 1 aliphatic rings. The van der Waals surface area contributed by atoms with Gasteiger partial charge in [0, 0.05) is 51.0 Å². The first-order chi connectivity index (χ1) is 15.0. The average Bonchev–Trinajstić information content (AvgIpc) is 2.81. The molecule has 1 fully saturated rings. The van der Waals surface area contributed by atoms with Gasteiger partial charge in [-0.2, -0.15) is 0 Å². The smallest absolute Gasteiger partial charge is 0.203 e. The molecule has 2 aromatic carbocycles. The Kier molecular flexibility index (Phi) is 7.50. The Morgan fingerprint density at radius 3 is 2.26 bits per heavy atom. The van der Waals surface area contributed by atoms with Crippen LogP contribution in [-0.2, 0) is 6.54 Å². The van der Waals surface area contributed by atoms with E-state index >= 15 is 0 Å². The van der Waals surface area contributed by atoms with Gasteiger partial charge in [0.1, 0.15) is 0 Å². The van der Waals surface area contributed by atoms with Crippen LogP contribution < -0.4 is 24.4 Å². The summed E-state index contributed by atoms with van der Waals surface area (Å²) in [6.07, 6.45) is 0. The number of nitrogens with zero attached hydrogens (tertiary/aromatic N) is 3. The number of aliphatic imine (C=N–C) groups is 1. The Morgan fingerprint density at radius 1 is 0.935 bits per heavy atom. The molecule has 1 heterocycles. The van der Waals surface area contributed by atoms with Crippen molar-refractivity contribution in [3.63, 3.8) is 0 Å². The van der Waals surface area contributed by atoms with Crippen molar-refractivity contribution in [2.45, 2.75) is 20.4 Å². The van der Waals surface area contributed by atoms with Crippen molar-refractivity contribution < 1.29 is 14.2 Å². The summed E-state index contributed by atoms with van der Waals surface area (Å²) < 4.78 is 16.5. The number of piperazine rings is 1. The normalized spacial score (nSPS) is 14.5. The molecule has 0 amide bonds. The molecule has 168 valence electrons. The maximum Gasteiger partial charge on any atom is 0.203 e. The van der Waals surface area contributed by atoms with Gasteiger partial charge < -0.3 is 29.3 Å². The van der Waals surface area contributed by atoms with Gasteiger partial charge in [-0.25, -0.2) is 0 Å². The topological polar surface area (TPSA) is 58.6 Å². The lowest BCUT2D eigenvalue weighted by molar-refractivity contribution is 0.321. The molecule has 7 nitrogen and oxygen atoms in total. The van der Waals surface area contributed by atoms with Crippen LogP contribution in [0.25, 0.3) is 0 Å². The fraction of sp³-hybridized carbons (Fsp3) is 0.458. The number of guanidine groups is 1. The number of nitrogens with one attached hydrogen (secondary N) is 1. The molecule has 0 radical (unpaired) electrons.